The molecule has 0 spiro atoms. The summed E-state index contributed by atoms with van der Waals surface area (Å²) in [6.07, 6.45) is 0.363. The number of nitrogens with one attached hydrogen (secondary N) is 1. The van der Waals surface area contributed by atoms with E-state index < -0.39 is 32.9 Å². The minimum Gasteiger partial charge on any atom is -0.449 e. The van der Waals surface area contributed by atoms with Crippen molar-refractivity contribution >= 4 is 33.3 Å². The Morgan fingerprint density at radius 3 is 2.48 bits per heavy atom. The second-order valence-electron chi connectivity index (χ2n) is 6.98. The van der Waals surface area contributed by atoms with Gasteiger partial charge in [0.05, 0.1) is 15.4 Å². The van der Waals surface area contributed by atoms with Crippen molar-refractivity contribution in [2.24, 2.45) is 0 Å². The van der Waals surface area contributed by atoms with E-state index in [0.717, 1.165) is 12.8 Å². The summed E-state index contributed by atoms with van der Waals surface area (Å²) in [4.78, 5) is 35.0. The highest BCUT2D eigenvalue weighted by molar-refractivity contribution is 7.89. The van der Waals surface area contributed by atoms with E-state index in [9.17, 15) is 28.1 Å². The number of anilines is 1. The molecule has 0 aromatic heterocycles. The minimum absolute atomic E-state index is 0.00438. The number of nitro benzene ring substituents is 1. The van der Waals surface area contributed by atoms with Crippen LogP contribution in [0.2, 0.25) is 0 Å². The summed E-state index contributed by atoms with van der Waals surface area (Å²) >= 11 is 0. The molecule has 2 aromatic rings. The first-order valence-corrected chi connectivity index (χ1v) is 11.0. The van der Waals surface area contributed by atoms with E-state index in [2.05, 4.69) is 5.32 Å². The molecular weight excluding hydrogens is 426 g/mol. The highest BCUT2D eigenvalue weighted by atomic mass is 32.2. The average Bonchev–Trinajstić information content (AvgIpc) is 3.29. The first-order chi connectivity index (χ1) is 14.7. The molecule has 1 aliphatic rings. The maximum Gasteiger partial charge on any atom is 0.338 e. The molecule has 0 unspecified atom stereocenters. The second kappa shape index (κ2) is 9.23. The average molecular weight is 447 g/mol. The molecule has 0 radical (unpaired) electrons. The van der Waals surface area contributed by atoms with Gasteiger partial charge in [0.25, 0.3) is 11.6 Å². The summed E-state index contributed by atoms with van der Waals surface area (Å²) in [5, 5.41) is 13.3. The highest BCUT2D eigenvalue weighted by Crippen LogP contribution is 2.22. The van der Waals surface area contributed by atoms with Crippen molar-refractivity contribution in [2.75, 3.05) is 18.4 Å². The zero-order valence-electron chi connectivity index (χ0n) is 16.7. The van der Waals surface area contributed by atoms with Crippen molar-refractivity contribution in [1.82, 2.24) is 4.31 Å². The Hall–Kier alpha value is -3.31. The minimum atomic E-state index is -3.70. The largest absolute Gasteiger partial charge is 0.449 e. The van der Waals surface area contributed by atoms with Crippen LogP contribution in [0.1, 0.15) is 30.1 Å². The van der Waals surface area contributed by atoms with Gasteiger partial charge in [0, 0.05) is 30.9 Å². The van der Waals surface area contributed by atoms with E-state index >= 15 is 0 Å². The summed E-state index contributed by atoms with van der Waals surface area (Å²) in [7, 11) is -3.70. The highest BCUT2D eigenvalue weighted by Gasteiger charge is 2.28. The van der Waals surface area contributed by atoms with Crippen molar-refractivity contribution < 1.29 is 27.7 Å². The SMILES string of the molecule is C[C@H](OC(=O)c1cccc(S(=O)(=O)N2CCCC2)c1)C(=O)Nc1cccc([N+](=O)[O-])c1. The van der Waals surface area contributed by atoms with Crippen LogP contribution in [-0.2, 0) is 19.6 Å². The van der Waals surface area contributed by atoms with Gasteiger partial charge in [0.1, 0.15) is 0 Å². The molecule has 1 N–H and O–H groups in total. The molecule has 11 heteroatoms. The predicted molar refractivity (Wildman–Crippen MR) is 111 cm³/mol. The second-order valence-corrected chi connectivity index (χ2v) is 8.92. The van der Waals surface area contributed by atoms with Crippen LogP contribution in [0.4, 0.5) is 11.4 Å². The van der Waals surface area contributed by atoms with Gasteiger partial charge in [-0.3, -0.25) is 14.9 Å². The third-order valence-corrected chi connectivity index (χ3v) is 6.64. The van der Waals surface area contributed by atoms with Gasteiger partial charge in [-0.2, -0.15) is 4.31 Å². The normalized spacial score (nSPS) is 15.3. The number of nitrogens with zero attached hydrogens (tertiary/aromatic N) is 2. The van der Waals surface area contributed by atoms with Crippen LogP contribution in [-0.4, -0.2) is 48.7 Å². The number of hydrogen-bond donors (Lipinski definition) is 1. The zero-order valence-corrected chi connectivity index (χ0v) is 17.5. The Balaban J connectivity index is 1.67. The lowest BCUT2D eigenvalue weighted by atomic mass is 10.2. The molecule has 1 heterocycles. The van der Waals surface area contributed by atoms with Gasteiger partial charge in [-0.25, -0.2) is 13.2 Å². The number of carbonyl (C=O) groups is 2. The van der Waals surface area contributed by atoms with Crippen LogP contribution in [0.5, 0.6) is 0 Å². The Morgan fingerprint density at radius 2 is 1.81 bits per heavy atom. The van der Waals surface area contributed by atoms with E-state index in [0.29, 0.717) is 13.1 Å². The van der Waals surface area contributed by atoms with Gasteiger partial charge in [-0.1, -0.05) is 12.1 Å². The Bertz CT molecular complexity index is 1110. The van der Waals surface area contributed by atoms with Gasteiger partial charge < -0.3 is 10.1 Å². The van der Waals surface area contributed by atoms with Crippen molar-refractivity contribution in [1.29, 1.82) is 0 Å². The third-order valence-electron chi connectivity index (χ3n) is 4.75. The summed E-state index contributed by atoms with van der Waals surface area (Å²) in [6.45, 7) is 2.22. The molecule has 1 atom stereocenters. The number of carbonyl (C=O) groups excluding carboxylic acids is 2. The molecule has 10 nitrogen and oxygen atoms in total. The standard InChI is InChI=1S/C20H21N3O7S/c1-14(19(24)21-16-7-5-8-17(13-16)23(26)27)30-20(25)15-6-4-9-18(12-15)31(28,29)22-10-2-3-11-22/h4-9,12-14H,2-3,10-11H2,1H3,(H,21,24)/t14-/m0/s1. The van der Waals surface area contributed by atoms with Gasteiger partial charge in [0.15, 0.2) is 6.10 Å². The van der Waals surface area contributed by atoms with Crippen molar-refractivity contribution in [2.45, 2.75) is 30.8 Å². The third kappa shape index (κ3) is 5.25. The molecule has 0 saturated carbocycles. The van der Waals surface area contributed by atoms with Crippen molar-refractivity contribution in [3.8, 4) is 0 Å². The van der Waals surface area contributed by atoms with Crippen LogP contribution >= 0.6 is 0 Å². The molecule has 1 aliphatic heterocycles. The molecule has 1 amide bonds. The van der Waals surface area contributed by atoms with Gasteiger partial charge in [-0.15, -0.1) is 0 Å². The van der Waals surface area contributed by atoms with Gasteiger partial charge in [0.2, 0.25) is 10.0 Å². The van der Waals surface area contributed by atoms with E-state index in [1.807, 2.05) is 0 Å². The summed E-state index contributed by atoms with van der Waals surface area (Å²) < 4.78 is 31.9. The van der Waals surface area contributed by atoms with Crippen LogP contribution in [0.15, 0.2) is 53.4 Å². The Kier molecular flexibility index (Phi) is 6.66. The first kappa shape index (κ1) is 22.4. The zero-order chi connectivity index (χ0) is 22.6. The number of benzene rings is 2. The number of esters is 1. The molecule has 1 fully saturated rings. The number of hydrogen-bond acceptors (Lipinski definition) is 7. The molecule has 164 valence electrons. The number of rotatable bonds is 7. The summed E-state index contributed by atoms with van der Waals surface area (Å²) in [6, 6.07) is 10.8. The lowest BCUT2D eigenvalue weighted by Crippen LogP contribution is -2.30. The quantitative estimate of drug-likeness (QED) is 0.391. The Morgan fingerprint density at radius 1 is 1.13 bits per heavy atom. The van der Waals surface area contributed by atoms with Crippen LogP contribution in [0.3, 0.4) is 0 Å². The summed E-state index contributed by atoms with van der Waals surface area (Å²) in [5.74, 6) is -1.55. The maximum absolute atomic E-state index is 12.7. The number of nitro groups is 1. The number of ether oxygens (including phenoxy) is 1. The van der Waals surface area contributed by atoms with Crippen LogP contribution < -0.4 is 5.32 Å². The lowest BCUT2D eigenvalue weighted by Gasteiger charge is -2.16. The van der Waals surface area contributed by atoms with Gasteiger partial charge >= 0.3 is 5.97 Å². The van der Waals surface area contributed by atoms with E-state index in [1.54, 1.807) is 0 Å². The topological polar surface area (TPSA) is 136 Å². The molecule has 31 heavy (non-hydrogen) atoms. The predicted octanol–water partition coefficient (Wildman–Crippen LogP) is 2.56. The Labute approximate surface area is 179 Å². The molecular formula is C20H21N3O7S. The fraction of sp³-hybridized carbons (Fsp3) is 0.300. The van der Waals surface area contributed by atoms with Gasteiger partial charge in [-0.05, 0) is 44.0 Å². The van der Waals surface area contributed by atoms with E-state index in [1.165, 1.54) is 59.8 Å². The van der Waals surface area contributed by atoms with Crippen LogP contribution in [0, 0.1) is 10.1 Å². The molecule has 2 aromatic carbocycles. The molecule has 1 saturated heterocycles. The van der Waals surface area contributed by atoms with Crippen molar-refractivity contribution in [3.05, 3.63) is 64.2 Å². The fourth-order valence-corrected chi connectivity index (χ4v) is 4.65. The smallest absolute Gasteiger partial charge is 0.338 e. The molecule has 0 aliphatic carbocycles. The number of amides is 1. The summed E-state index contributed by atoms with van der Waals surface area (Å²) in [5.41, 5.74) is -0.0189. The maximum atomic E-state index is 12.7. The lowest BCUT2D eigenvalue weighted by molar-refractivity contribution is -0.384. The van der Waals surface area contributed by atoms with E-state index in [-0.39, 0.29) is 21.8 Å². The number of non-ortho nitro benzene ring substituents is 1. The van der Waals surface area contributed by atoms with Crippen molar-refractivity contribution in [3.63, 3.8) is 0 Å². The molecule has 3 rings (SSSR count). The fourth-order valence-electron chi connectivity index (χ4n) is 3.08. The monoisotopic (exact) mass is 447 g/mol. The first-order valence-electron chi connectivity index (χ1n) is 9.55. The van der Waals surface area contributed by atoms with E-state index in [4.69, 9.17) is 4.74 Å². The van der Waals surface area contributed by atoms with Crippen LogP contribution in [0.25, 0.3) is 0 Å². The number of sulfonamides is 1. The molecule has 0 bridgehead atoms.